The number of hydrogen-bond donors (Lipinski definition) is 1. The van der Waals surface area contributed by atoms with Crippen molar-refractivity contribution in [1.82, 2.24) is 5.32 Å². The van der Waals surface area contributed by atoms with Crippen LogP contribution in [0, 0.1) is 5.82 Å². The number of benzene rings is 1. The van der Waals surface area contributed by atoms with Crippen molar-refractivity contribution in [3.63, 3.8) is 0 Å². The van der Waals surface area contributed by atoms with Crippen LogP contribution in [0.5, 0.6) is 0 Å². The van der Waals surface area contributed by atoms with Crippen LogP contribution in [0.15, 0.2) is 29.2 Å². The lowest BCUT2D eigenvalue weighted by Crippen LogP contribution is -2.35. The number of hydrogen-bond acceptors (Lipinski definition) is 3. The highest BCUT2D eigenvalue weighted by atomic mass is 32.2. The average Bonchev–Trinajstić information content (AvgIpc) is 2.28. The van der Waals surface area contributed by atoms with Gasteiger partial charge in [-0.3, -0.25) is 4.21 Å². The Hall–Kier alpha value is -0.780. The van der Waals surface area contributed by atoms with Gasteiger partial charge in [0.2, 0.25) is 0 Å². The van der Waals surface area contributed by atoms with Crippen molar-refractivity contribution in [3.05, 3.63) is 30.1 Å². The van der Waals surface area contributed by atoms with Gasteiger partial charge in [0.1, 0.15) is 5.82 Å². The molecule has 0 radical (unpaired) electrons. The van der Waals surface area contributed by atoms with E-state index in [4.69, 9.17) is 4.74 Å². The number of likely N-dealkylation sites (N-methyl/N-ethyl adjacent to an activating group) is 1. The van der Waals surface area contributed by atoms with E-state index < -0.39 is 16.6 Å². The fourth-order valence-electron chi connectivity index (χ4n) is 1.32. The summed E-state index contributed by atoms with van der Waals surface area (Å²) in [5, 5.41) is 2.98. The molecule has 90 valence electrons. The van der Waals surface area contributed by atoms with Crippen LogP contribution in [0.1, 0.15) is 0 Å². The van der Waals surface area contributed by atoms with Crippen LogP contribution >= 0.6 is 0 Å². The highest BCUT2D eigenvalue weighted by molar-refractivity contribution is 7.85. The van der Waals surface area contributed by atoms with Crippen molar-refractivity contribution in [3.8, 4) is 0 Å². The second kappa shape index (κ2) is 6.73. The third-order valence-corrected chi connectivity index (χ3v) is 3.74. The molecule has 3 nitrogen and oxygen atoms in total. The Bertz CT molecular complexity index is 360. The maximum Gasteiger partial charge on any atom is 0.139 e. The summed E-state index contributed by atoms with van der Waals surface area (Å²) in [6, 6.07) is 6.09. The van der Waals surface area contributed by atoms with Gasteiger partial charge in [0.05, 0.1) is 22.3 Å². The molecule has 0 bridgehead atoms. The summed E-state index contributed by atoms with van der Waals surface area (Å²) in [5.74, 6) is -0.0845. The molecule has 1 aromatic rings. The monoisotopic (exact) mass is 245 g/mol. The molecule has 0 saturated carbocycles. The normalized spacial score (nSPS) is 14.7. The lowest BCUT2D eigenvalue weighted by atomic mass is 10.3. The minimum atomic E-state index is -1.34. The first-order valence-corrected chi connectivity index (χ1v) is 6.30. The zero-order valence-corrected chi connectivity index (χ0v) is 10.2. The van der Waals surface area contributed by atoms with Crippen molar-refractivity contribution in [1.29, 1.82) is 0 Å². The van der Waals surface area contributed by atoms with Gasteiger partial charge in [-0.1, -0.05) is 12.1 Å². The molecule has 0 aliphatic heterocycles. The minimum absolute atomic E-state index is 0.0366. The topological polar surface area (TPSA) is 38.3 Å². The molecule has 1 aromatic carbocycles. The van der Waals surface area contributed by atoms with E-state index in [1.165, 1.54) is 6.07 Å². The molecule has 0 saturated heterocycles. The Morgan fingerprint density at radius 2 is 2.19 bits per heavy atom. The molecule has 0 spiro atoms. The van der Waals surface area contributed by atoms with Crippen LogP contribution in [-0.4, -0.2) is 36.8 Å². The molecule has 2 atom stereocenters. The molecule has 16 heavy (non-hydrogen) atoms. The number of methoxy groups -OCH3 is 1. The van der Waals surface area contributed by atoms with Gasteiger partial charge in [-0.2, -0.15) is 0 Å². The molecule has 0 aliphatic carbocycles. The molecule has 0 aromatic heterocycles. The first-order chi connectivity index (χ1) is 7.69. The van der Waals surface area contributed by atoms with Gasteiger partial charge in [0.15, 0.2) is 0 Å². The van der Waals surface area contributed by atoms with E-state index in [0.717, 1.165) is 0 Å². The van der Waals surface area contributed by atoms with Crippen molar-refractivity contribution in [2.45, 2.75) is 10.9 Å². The SMILES string of the molecule is CNC(COC)CS(=O)c1ccccc1F. The quantitative estimate of drug-likeness (QED) is 0.817. The predicted molar refractivity (Wildman–Crippen MR) is 62.4 cm³/mol. The van der Waals surface area contributed by atoms with Gasteiger partial charge in [-0.15, -0.1) is 0 Å². The van der Waals surface area contributed by atoms with E-state index in [0.29, 0.717) is 12.4 Å². The van der Waals surface area contributed by atoms with Crippen molar-refractivity contribution in [2.24, 2.45) is 0 Å². The van der Waals surface area contributed by atoms with E-state index >= 15 is 0 Å². The van der Waals surface area contributed by atoms with Crippen molar-refractivity contribution < 1.29 is 13.3 Å². The largest absolute Gasteiger partial charge is 0.383 e. The summed E-state index contributed by atoms with van der Waals surface area (Å²) in [6.45, 7) is 0.455. The lowest BCUT2D eigenvalue weighted by Gasteiger charge is -2.14. The third-order valence-electron chi connectivity index (χ3n) is 2.21. The second-order valence-electron chi connectivity index (χ2n) is 3.38. The summed E-state index contributed by atoms with van der Waals surface area (Å²) < 4.78 is 30.2. The van der Waals surface area contributed by atoms with E-state index in [-0.39, 0.29) is 10.9 Å². The Labute approximate surface area is 97.5 Å². The minimum Gasteiger partial charge on any atom is -0.383 e. The molecule has 2 unspecified atom stereocenters. The lowest BCUT2D eigenvalue weighted by molar-refractivity contribution is 0.176. The Morgan fingerprint density at radius 1 is 1.50 bits per heavy atom. The first-order valence-electron chi connectivity index (χ1n) is 4.98. The molecule has 5 heteroatoms. The zero-order chi connectivity index (χ0) is 12.0. The van der Waals surface area contributed by atoms with Crippen LogP contribution in [0.2, 0.25) is 0 Å². The van der Waals surface area contributed by atoms with Gasteiger partial charge in [0, 0.05) is 18.9 Å². The first kappa shape index (κ1) is 13.3. The average molecular weight is 245 g/mol. The molecule has 1 N–H and O–H groups in total. The van der Waals surface area contributed by atoms with E-state index in [1.807, 2.05) is 0 Å². The van der Waals surface area contributed by atoms with Crippen molar-refractivity contribution >= 4 is 10.8 Å². The van der Waals surface area contributed by atoms with E-state index in [9.17, 15) is 8.60 Å². The van der Waals surface area contributed by atoms with E-state index in [1.54, 1.807) is 32.4 Å². The molecule has 0 heterocycles. The van der Waals surface area contributed by atoms with Gasteiger partial charge >= 0.3 is 0 Å². The standard InChI is InChI=1S/C11H16FNO2S/c1-13-9(7-15-2)8-16(14)11-6-4-3-5-10(11)12/h3-6,9,13H,7-8H2,1-2H3. The molecular formula is C11H16FNO2S. The van der Waals surface area contributed by atoms with Crippen LogP contribution in [0.25, 0.3) is 0 Å². The van der Waals surface area contributed by atoms with Crippen LogP contribution in [-0.2, 0) is 15.5 Å². The van der Waals surface area contributed by atoms with Gasteiger partial charge in [-0.25, -0.2) is 4.39 Å². The maximum absolute atomic E-state index is 13.3. The maximum atomic E-state index is 13.3. The second-order valence-corrected chi connectivity index (χ2v) is 4.85. The van der Waals surface area contributed by atoms with Gasteiger partial charge < -0.3 is 10.1 Å². The van der Waals surface area contributed by atoms with E-state index in [2.05, 4.69) is 5.32 Å². The number of halogens is 1. The number of nitrogens with one attached hydrogen (secondary N) is 1. The zero-order valence-electron chi connectivity index (χ0n) is 9.40. The summed E-state index contributed by atoms with van der Waals surface area (Å²) >= 11 is 0. The molecule has 0 aliphatic rings. The highest BCUT2D eigenvalue weighted by Gasteiger charge is 2.14. The summed E-state index contributed by atoms with van der Waals surface area (Å²) in [4.78, 5) is 0.249. The van der Waals surface area contributed by atoms with Gasteiger partial charge in [-0.05, 0) is 19.2 Å². The van der Waals surface area contributed by atoms with Gasteiger partial charge in [0.25, 0.3) is 0 Å². The smallest absolute Gasteiger partial charge is 0.139 e. The Balaban J connectivity index is 2.68. The third kappa shape index (κ3) is 3.66. The predicted octanol–water partition coefficient (Wildman–Crippen LogP) is 1.17. The highest BCUT2D eigenvalue weighted by Crippen LogP contribution is 2.12. The molecule has 0 amide bonds. The fraction of sp³-hybridized carbons (Fsp3) is 0.455. The summed E-state index contributed by atoms with van der Waals surface area (Å²) in [7, 11) is 2.00. The summed E-state index contributed by atoms with van der Waals surface area (Å²) in [5.41, 5.74) is 0. The molecule has 1 rings (SSSR count). The van der Waals surface area contributed by atoms with Crippen LogP contribution < -0.4 is 5.32 Å². The molecule has 0 fully saturated rings. The number of rotatable bonds is 6. The Morgan fingerprint density at radius 3 is 2.75 bits per heavy atom. The summed E-state index contributed by atoms with van der Waals surface area (Å²) in [6.07, 6.45) is 0. The fourth-order valence-corrected chi connectivity index (χ4v) is 2.64. The van der Waals surface area contributed by atoms with Crippen LogP contribution in [0.3, 0.4) is 0 Å². The van der Waals surface area contributed by atoms with Crippen molar-refractivity contribution in [2.75, 3.05) is 26.5 Å². The Kier molecular flexibility index (Phi) is 5.59. The number of ether oxygens (including phenoxy) is 1. The van der Waals surface area contributed by atoms with Crippen LogP contribution in [0.4, 0.5) is 4.39 Å². The molecular weight excluding hydrogens is 229 g/mol.